The van der Waals surface area contributed by atoms with Crippen molar-refractivity contribution in [3.63, 3.8) is 0 Å². The van der Waals surface area contributed by atoms with E-state index < -0.39 is 10.0 Å². The van der Waals surface area contributed by atoms with Gasteiger partial charge in [0.25, 0.3) is 0 Å². The molecule has 25 heavy (non-hydrogen) atoms. The van der Waals surface area contributed by atoms with Gasteiger partial charge in [-0.2, -0.15) is 0 Å². The molecule has 1 aliphatic heterocycles. The summed E-state index contributed by atoms with van der Waals surface area (Å²) in [5.74, 6) is 0. The van der Waals surface area contributed by atoms with E-state index in [9.17, 15) is 8.42 Å². The Labute approximate surface area is 150 Å². The maximum atomic E-state index is 11.8. The fourth-order valence-corrected chi connectivity index (χ4v) is 4.58. The predicted molar refractivity (Wildman–Crippen MR) is 106 cm³/mol. The van der Waals surface area contributed by atoms with Crippen molar-refractivity contribution in [3.05, 3.63) is 47.0 Å². The summed E-state index contributed by atoms with van der Waals surface area (Å²) in [6, 6.07) is 9.85. The minimum atomic E-state index is -3.33. The molecule has 0 aromatic heterocycles. The number of aryl methyl sites for hydroxylation is 2. The number of sulfonamides is 1. The number of hydrogen-bond acceptors (Lipinski definition) is 3. The molecule has 0 spiro atoms. The number of nitrogens with one attached hydrogen (secondary N) is 1. The second kappa shape index (κ2) is 6.71. The van der Waals surface area contributed by atoms with Crippen LogP contribution in [0, 0.1) is 20.8 Å². The summed E-state index contributed by atoms with van der Waals surface area (Å²) in [7, 11) is -3.33. The van der Waals surface area contributed by atoms with Gasteiger partial charge in [-0.1, -0.05) is 24.3 Å². The Balaban J connectivity index is 2.20. The number of anilines is 2. The first-order chi connectivity index (χ1) is 11.8. The number of hydrogen-bond donors (Lipinski definition) is 1. The van der Waals surface area contributed by atoms with Crippen LogP contribution in [0.2, 0.25) is 0 Å². The highest BCUT2D eigenvalue weighted by Crippen LogP contribution is 2.40. The van der Waals surface area contributed by atoms with Gasteiger partial charge in [0.2, 0.25) is 10.0 Å². The highest BCUT2D eigenvalue weighted by molar-refractivity contribution is 7.92. The molecule has 1 heterocycles. The van der Waals surface area contributed by atoms with Crippen LogP contribution in [0.4, 0.5) is 11.4 Å². The van der Waals surface area contributed by atoms with Crippen LogP contribution in [0.5, 0.6) is 0 Å². The topological polar surface area (TPSA) is 49.4 Å². The lowest BCUT2D eigenvalue weighted by atomic mass is 9.91. The normalized spacial score (nSPS) is 14.8. The van der Waals surface area contributed by atoms with Crippen LogP contribution in [0.3, 0.4) is 0 Å². The molecule has 0 amide bonds. The summed E-state index contributed by atoms with van der Waals surface area (Å²) in [6.45, 7) is 8.60. The molecular weight excluding hydrogens is 332 g/mol. The van der Waals surface area contributed by atoms with E-state index in [0.29, 0.717) is 5.69 Å². The first kappa shape index (κ1) is 17.8. The van der Waals surface area contributed by atoms with Gasteiger partial charge in [0.05, 0.1) is 11.9 Å². The van der Waals surface area contributed by atoms with Crippen LogP contribution < -0.4 is 9.62 Å². The monoisotopic (exact) mass is 358 g/mol. The van der Waals surface area contributed by atoms with Crippen LogP contribution in [-0.2, 0) is 10.0 Å². The van der Waals surface area contributed by atoms with Gasteiger partial charge in [0.15, 0.2) is 0 Å². The molecule has 4 nitrogen and oxygen atoms in total. The number of para-hydroxylation sites is 1. The lowest BCUT2D eigenvalue weighted by Gasteiger charge is -2.26. The third-order valence-corrected chi connectivity index (χ3v) is 5.44. The summed E-state index contributed by atoms with van der Waals surface area (Å²) in [4.78, 5) is 2.46. The number of rotatable bonds is 4. The summed E-state index contributed by atoms with van der Waals surface area (Å²) in [5.41, 5.74) is 7.67. The molecule has 134 valence electrons. The number of benzene rings is 2. The van der Waals surface area contributed by atoms with Crippen LogP contribution >= 0.6 is 0 Å². The third-order valence-electron chi connectivity index (χ3n) is 4.85. The molecule has 5 heteroatoms. The molecule has 0 bridgehead atoms. The predicted octanol–water partition coefficient (Wildman–Crippen LogP) is 4.25. The molecule has 0 aliphatic carbocycles. The highest BCUT2D eigenvalue weighted by atomic mass is 32.2. The molecule has 2 aromatic carbocycles. The Morgan fingerprint density at radius 3 is 2.28 bits per heavy atom. The van der Waals surface area contributed by atoms with Crippen molar-refractivity contribution in [2.45, 2.75) is 33.6 Å². The maximum absolute atomic E-state index is 11.8. The Morgan fingerprint density at radius 2 is 1.64 bits per heavy atom. The highest BCUT2D eigenvalue weighted by Gasteiger charge is 2.21. The van der Waals surface area contributed by atoms with Crippen molar-refractivity contribution >= 4 is 21.4 Å². The van der Waals surface area contributed by atoms with Gasteiger partial charge in [0.1, 0.15) is 0 Å². The SMILES string of the molecule is Cc1cc(C)c(N2CCCC2)c(C)c1-c1ccccc1NS(C)(=O)=O. The van der Waals surface area contributed by atoms with Crippen LogP contribution in [0.15, 0.2) is 30.3 Å². The van der Waals surface area contributed by atoms with Crippen LogP contribution in [-0.4, -0.2) is 27.8 Å². The second-order valence-electron chi connectivity index (χ2n) is 6.97. The Bertz CT molecular complexity index is 898. The molecule has 1 N–H and O–H groups in total. The molecule has 0 unspecified atom stereocenters. The Morgan fingerprint density at radius 1 is 1.00 bits per heavy atom. The third kappa shape index (κ3) is 3.66. The largest absolute Gasteiger partial charge is 0.371 e. The second-order valence-corrected chi connectivity index (χ2v) is 8.72. The van der Waals surface area contributed by atoms with Gasteiger partial charge in [-0.25, -0.2) is 8.42 Å². The van der Waals surface area contributed by atoms with Gasteiger partial charge in [0, 0.05) is 24.3 Å². The van der Waals surface area contributed by atoms with E-state index in [4.69, 9.17) is 0 Å². The zero-order valence-corrected chi connectivity index (χ0v) is 16.2. The minimum absolute atomic E-state index is 0.632. The van der Waals surface area contributed by atoms with Gasteiger partial charge in [-0.15, -0.1) is 0 Å². The van der Waals surface area contributed by atoms with Crippen molar-refractivity contribution in [2.75, 3.05) is 29.0 Å². The quantitative estimate of drug-likeness (QED) is 0.889. The van der Waals surface area contributed by atoms with E-state index in [1.807, 2.05) is 24.3 Å². The summed E-state index contributed by atoms with van der Waals surface area (Å²) in [5, 5.41) is 0. The van der Waals surface area contributed by atoms with E-state index in [0.717, 1.165) is 24.2 Å². The summed E-state index contributed by atoms with van der Waals surface area (Å²) >= 11 is 0. The van der Waals surface area contributed by atoms with Gasteiger partial charge in [-0.3, -0.25) is 4.72 Å². The van der Waals surface area contributed by atoms with Crippen LogP contribution in [0.1, 0.15) is 29.5 Å². The Hall–Kier alpha value is -2.01. The van der Waals surface area contributed by atoms with Crippen molar-refractivity contribution in [1.82, 2.24) is 0 Å². The maximum Gasteiger partial charge on any atom is 0.229 e. The smallest absolute Gasteiger partial charge is 0.229 e. The minimum Gasteiger partial charge on any atom is -0.371 e. The van der Waals surface area contributed by atoms with Crippen molar-refractivity contribution < 1.29 is 8.42 Å². The van der Waals surface area contributed by atoms with Gasteiger partial charge < -0.3 is 4.90 Å². The summed E-state index contributed by atoms with van der Waals surface area (Å²) < 4.78 is 26.2. The fraction of sp³-hybridized carbons (Fsp3) is 0.400. The summed E-state index contributed by atoms with van der Waals surface area (Å²) in [6.07, 6.45) is 3.65. The lowest BCUT2D eigenvalue weighted by molar-refractivity contribution is 0.607. The van der Waals surface area contributed by atoms with E-state index in [-0.39, 0.29) is 0 Å². The molecular formula is C20H26N2O2S. The molecule has 1 aliphatic rings. The van der Waals surface area contributed by atoms with Crippen molar-refractivity contribution in [2.24, 2.45) is 0 Å². The molecule has 1 saturated heterocycles. The van der Waals surface area contributed by atoms with Gasteiger partial charge in [-0.05, 0) is 61.9 Å². The number of nitrogens with zero attached hydrogens (tertiary/aromatic N) is 1. The zero-order chi connectivity index (χ0) is 18.2. The average molecular weight is 359 g/mol. The molecule has 0 atom stereocenters. The van der Waals surface area contributed by atoms with E-state index in [1.54, 1.807) is 0 Å². The molecule has 0 saturated carbocycles. The van der Waals surface area contributed by atoms with E-state index >= 15 is 0 Å². The van der Waals surface area contributed by atoms with Crippen molar-refractivity contribution in [1.29, 1.82) is 0 Å². The van der Waals surface area contributed by atoms with E-state index in [2.05, 4.69) is 36.5 Å². The molecule has 2 aromatic rings. The zero-order valence-electron chi connectivity index (χ0n) is 15.4. The van der Waals surface area contributed by atoms with Gasteiger partial charge >= 0.3 is 0 Å². The van der Waals surface area contributed by atoms with E-state index in [1.165, 1.54) is 41.5 Å². The first-order valence-corrected chi connectivity index (χ1v) is 10.6. The fourth-order valence-electron chi connectivity index (χ4n) is 4.01. The Kier molecular flexibility index (Phi) is 4.78. The molecule has 0 radical (unpaired) electrons. The molecule has 1 fully saturated rings. The van der Waals surface area contributed by atoms with Crippen LogP contribution in [0.25, 0.3) is 11.1 Å². The standard InChI is InChI=1S/C20H26N2O2S/c1-14-13-15(2)20(22-11-7-8-12-22)16(3)19(14)17-9-5-6-10-18(17)21-25(4,23)24/h5-6,9-10,13,21H,7-8,11-12H2,1-4H3. The average Bonchev–Trinajstić information content (AvgIpc) is 3.01. The molecule has 3 rings (SSSR count). The van der Waals surface area contributed by atoms with Crippen molar-refractivity contribution in [3.8, 4) is 11.1 Å². The lowest BCUT2D eigenvalue weighted by Crippen LogP contribution is -2.20. The first-order valence-electron chi connectivity index (χ1n) is 8.71.